The second-order valence-corrected chi connectivity index (χ2v) is 7.10. The number of aryl methyl sites for hydroxylation is 1. The maximum Gasteiger partial charge on any atom is 0.122 e. The van der Waals surface area contributed by atoms with Gasteiger partial charge in [-0.25, -0.2) is 4.89 Å². The molecule has 0 saturated heterocycles. The van der Waals surface area contributed by atoms with Gasteiger partial charge >= 0.3 is 0 Å². The van der Waals surface area contributed by atoms with E-state index in [0.29, 0.717) is 26.2 Å². The predicted octanol–water partition coefficient (Wildman–Crippen LogP) is 6.06. The highest BCUT2D eigenvalue weighted by Gasteiger charge is 2.12. The van der Waals surface area contributed by atoms with Crippen LogP contribution in [0.25, 0.3) is 0 Å². The van der Waals surface area contributed by atoms with Crippen LogP contribution in [0, 0.1) is 5.92 Å². The van der Waals surface area contributed by atoms with E-state index < -0.39 is 0 Å². The normalized spacial score (nSPS) is 12.1. The van der Waals surface area contributed by atoms with Crippen molar-refractivity contribution >= 4 is 0 Å². The average molecular weight is 379 g/mol. The van der Waals surface area contributed by atoms with Gasteiger partial charge in [-0.15, -0.1) is 6.58 Å². The average Bonchev–Trinajstić information content (AvgIpc) is 2.70. The summed E-state index contributed by atoms with van der Waals surface area (Å²) in [4.78, 5) is 4.22. The van der Waals surface area contributed by atoms with E-state index in [9.17, 15) is 0 Å². The Kier molecular flexibility index (Phi) is 14.7. The van der Waals surface area contributed by atoms with Gasteiger partial charge in [0, 0.05) is 5.92 Å². The number of ether oxygens (including phenoxy) is 2. The number of benzene rings is 1. The van der Waals surface area contributed by atoms with E-state index in [1.807, 2.05) is 12.1 Å². The van der Waals surface area contributed by atoms with Gasteiger partial charge in [0.1, 0.15) is 5.75 Å². The third-order valence-electron chi connectivity index (χ3n) is 4.70. The Hall–Kier alpha value is -1.36. The van der Waals surface area contributed by atoms with Crippen LogP contribution < -0.4 is 4.74 Å². The summed E-state index contributed by atoms with van der Waals surface area (Å²) in [6.07, 6.45) is 12.7. The van der Waals surface area contributed by atoms with Gasteiger partial charge in [0.25, 0.3) is 0 Å². The molecular weight excluding hydrogens is 340 g/mol. The van der Waals surface area contributed by atoms with Gasteiger partial charge in [-0.05, 0) is 30.9 Å². The molecule has 1 aromatic rings. The van der Waals surface area contributed by atoms with E-state index >= 15 is 0 Å². The van der Waals surface area contributed by atoms with Crippen LogP contribution in [0.1, 0.15) is 63.9 Å². The molecule has 0 aliphatic heterocycles. The lowest BCUT2D eigenvalue weighted by Gasteiger charge is -2.18. The fraction of sp³-hybridized carbons (Fsp3) is 0.652. The molecule has 4 heteroatoms. The number of unbranched alkanes of at least 4 members (excludes halogenated alkanes) is 6. The monoisotopic (exact) mass is 378 g/mol. The van der Waals surface area contributed by atoms with Crippen LogP contribution in [0.4, 0.5) is 0 Å². The quantitative estimate of drug-likeness (QED) is 0.146. The lowest BCUT2D eigenvalue weighted by atomic mass is 10.0. The maximum atomic E-state index is 8.61. The first kappa shape index (κ1) is 23.7. The van der Waals surface area contributed by atoms with Crippen LogP contribution in [-0.2, 0) is 16.0 Å². The van der Waals surface area contributed by atoms with Crippen molar-refractivity contribution in [3.63, 3.8) is 0 Å². The smallest absolute Gasteiger partial charge is 0.122 e. The summed E-state index contributed by atoms with van der Waals surface area (Å²) in [7, 11) is 0. The molecule has 0 amide bonds. The van der Waals surface area contributed by atoms with Crippen molar-refractivity contribution in [2.75, 3.05) is 26.4 Å². The molecule has 0 bridgehead atoms. The first-order chi connectivity index (χ1) is 13.3. The predicted molar refractivity (Wildman–Crippen MR) is 111 cm³/mol. The Bertz CT molecular complexity index is 475. The van der Waals surface area contributed by atoms with E-state index in [2.05, 4.69) is 30.5 Å². The second-order valence-electron chi connectivity index (χ2n) is 7.10. The molecule has 154 valence electrons. The maximum absolute atomic E-state index is 8.61. The molecule has 0 fully saturated rings. The summed E-state index contributed by atoms with van der Waals surface area (Å²) in [5.74, 6) is 1.13. The van der Waals surface area contributed by atoms with Crippen LogP contribution in [0.15, 0.2) is 36.9 Å². The Labute approximate surface area is 165 Å². The minimum absolute atomic E-state index is 0.170. The van der Waals surface area contributed by atoms with E-state index in [4.69, 9.17) is 14.7 Å². The van der Waals surface area contributed by atoms with Gasteiger partial charge in [0.05, 0.1) is 26.4 Å². The van der Waals surface area contributed by atoms with Crippen LogP contribution >= 0.6 is 0 Å². The number of hydrogen-bond acceptors (Lipinski definition) is 4. The van der Waals surface area contributed by atoms with Gasteiger partial charge in [-0.1, -0.05) is 69.7 Å². The number of rotatable bonds is 18. The molecule has 27 heavy (non-hydrogen) atoms. The molecule has 0 aliphatic rings. The highest BCUT2D eigenvalue weighted by Crippen LogP contribution is 2.22. The highest BCUT2D eigenvalue weighted by molar-refractivity contribution is 5.33. The Morgan fingerprint density at radius 1 is 1.04 bits per heavy atom. The Morgan fingerprint density at radius 2 is 1.78 bits per heavy atom. The molecule has 0 radical (unpaired) electrons. The molecule has 0 saturated carbocycles. The molecule has 1 rings (SSSR count). The van der Waals surface area contributed by atoms with Crippen LogP contribution in [0.2, 0.25) is 0 Å². The molecule has 1 unspecified atom stereocenters. The number of para-hydroxylation sites is 1. The summed E-state index contributed by atoms with van der Waals surface area (Å²) >= 11 is 0. The van der Waals surface area contributed by atoms with E-state index in [1.54, 1.807) is 6.08 Å². The minimum Gasteiger partial charge on any atom is -0.493 e. The molecule has 0 aromatic heterocycles. The number of hydrogen-bond donors (Lipinski definition) is 1. The summed E-state index contributed by atoms with van der Waals surface area (Å²) < 4.78 is 11.6. The molecule has 4 nitrogen and oxygen atoms in total. The Morgan fingerprint density at radius 3 is 2.52 bits per heavy atom. The standard InChI is InChI=1S/C23H38O4/c1-3-5-6-7-8-9-10-13-22-14-11-12-15-23(22)26-20-21(16-18-27-24)19-25-17-4-2/h4,11-12,14-15,21,24H,2-3,5-10,13,16-20H2,1H3. The van der Waals surface area contributed by atoms with Crippen molar-refractivity contribution in [2.45, 2.75) is 64.7 Å². The van der Waals surface area contributed by atoms with Crippen molar-refractivity contribution in [3.8, 4) is 5.75 Å². The highest BCUT2D eigenvalue weighted by atomic mass is 17.1. The van der Waals surface area contributed by atoms with Crippen molar-refractivity contribution in [1.29, 1.82) is 0 Å². The van der Waals surface area contributed by atoms with Crippen LogP contribution in [0.3, 0.4) is 0 Å². The largest absolute Gasteiger partial charge is 0.493 e. The summed E-state index contributed by atoms with van der Waals surface area (Å²) in [5.41, 5.74) is 1.27. The topological polar surface area (TPSA) is 47.9 Å². The van der Waals surface area contributed by atoms with Gasteiger partial charge in [0.2, 0.25) is 0 Å². The van der Waals surface area contributed by atoms with Crippen molar-refractivity contribution in [2.24, 2.45) is 5.92 Å². The lowest BCUT2D eigenvalue weighted by molar-refractivity contribution is -0.245. The molecule has 0 spiro atoms. The molecule has 1 N–H and O–H groups in total. The Balaban J connectivity index is 2.40. The van der Waals surface area contributed by atoms with E-state index in [-0.39, 0.29) is 12.5 Å². The first-order valence-corrected chi connectivity index (χ1v) is 10.5. The SMILES string of the molecule is C=CCOCC(CCOO)COc1ccccc1CCCCCCCCC. The zero-order chi connectivity index (χ0) is 19.6. The van der Waals surface area contributed by atoms with Gasteiger partial charge < -0.3 is 9.47 Å². The van der Waals surface area contributed by atoms with E-state index in [1.165, 1.54) is 50.5 Å². The molecule has 0 aliphatic carbocycles. The zero-order valence-electron chi connectivity index (χ0n) is 17.0. The van der Waals surface area contributed by atoms with Gasteiger partial charge in [0.15, 0.2) is 0 Å². The summed E-state index contributed by atoms with van der Waals surface area (Å²) in [5, 5.41) is 8.61. The van der Waals surface area contributed by atoms with Gasteiger partial charge in [-0.2, -0.15) is 0 Å². The summed E-state index contributed by atoms with van der Waals surface area (Å²) in [6, 6.07) is 8.30. The van der Waals surface area contributed by atoms with Crippen molar-refractivity contribution in [1.82, 2.24) is 0 Å². The fourth-order valence-electron chi connectivity index (χ4n) is 3.08. The molecule has 0 heterocycles. The van der Waals surface area contributed by atoms with Crippen molar-refractivity contribution < 1.29 is 19.6 Å². The second kappa shape index (κ2) is 16.8. The van der Waals surface area contributed by atoms with Crippen LogP contribution in [0.5, 0.6) is 5.75 Å². The van der Waals surface area contributed by atoms with Gasteiger partial charge in [-0.3, -0.25) is 5.26 Å². The van der Waals surface area contributed by atoms with Crippen LogP contribution in [-0.4, -0.2) is 31.7 Å². The summed E-state index contributed by atoms with van der Waals surface area (Å²) in [6.45, 7) is 7.83. The van der Waals surface area contributed by atoms with E-state index in [0.717, 1.165) is 12.2 Å². The fourth-order valence-corrected chi connectivity index (χ4v) is 3.08. The minimum atomic E-state index is 0.170. The zero-order valence-corrected chi connectivity index (χ0v) is 17.0. The third-order valence-corrected chi connectivity index (χ3v) is 4.70. The molecular formula is C23H38O4. The van der Waals surface area contributed by atoms with Crippen molar-refractivity contribution in [3.05, 3.63) is 42.5 Å². The third kappa shape index (κ3) is 11.9. The lowest BCUT2D eigenvalue weighted by Crippen LogP contribution is -2.20. The molecule has 1 atom stereocenters. The first-order valence-electron chi connectivity index (χ1n) is 10.5. The molecule has 1 aromatic carbocycles.